The van der Waals surface area contributed by atoms with Gasteiger partial charge in [-0.1, -0.05) is 0 Å². The zero-order valence-electron chi connectivity index (χ0n) is 8.52. The van der Waals surface area contributed by atoms with Crippen LogP contribution in [0.3, 0.4) is 0 Å². The Labute approximate surface area is 84.7 Å². The molecule has 0 amide bonds. The lowest BCUT2D eigenvalue weighted by molar-refractivity contribution is -0.0727. The third-order valence-corrected chi connectivity index (χ3v) is 3.69. The van der Waals surface area contributed by atoms with Crippen LogP contribution in [0.5, 0.6) is 0 Å². The molecule has 0 spiro atoms. The third kappa shape index (κ3) is 1.93. The summed E-state index contributed by atoms with van der Waals surface area (Å²) < 4.78 is 0. The lowest BCUT2D eigenvalue weighted by Gasteiger charge is -2.46. The largest absolute Gasteiger partial charge is 0.393 e. The summed E-state index contributed by atoms with van der Waals surface area (Å²) in [5, 5.41) is 18.8. The predicted molar refractivity (Wildman–Crippen MR) is 53.8 cm³/mol. The highest BCUT2D eigenvalue weighted by atomic mass is 16.3. The van der Waals surface area contributed by atoms with Crippen molar-refractivity contribution in [1.29, 1.82) is 0 Å². The van der Waals surface area contributed by atoms with Crippen molar-refractivity contribution in [3.05, 3.63) is 0 Å². The van der Waals surface area contributed by atoms with E-state index in [1.54, 1.807) is 0 Å². The highest BCUT2D eigenvalue weighted by molar-refractivity contribution is 4.94. The van der Waals surface area contributed by atoms with Crippen molar-refractivity contribution in [3.8, 4) is 0 Å². The first-order valence-electron chi connectivity index (χ1n) is 5.46. The molecule has 82 valence electrons. The fourth-order valence-electron chi connectivity index (χ4n) is 2.39. The molecule has 1 saturated carbocycles. The Morgan fingerprint density at radius 3 is 2.29 bits per heavy atom. The molecule has 0 bridgehead atoms. The molecular weight excluding hydrogens is 180 g/mol. The summed E-state index contributed by atoms with van der Waals surface area (Å²) in [6.07, 6.45) is 3.57. The molecule has 2 fully saturated rings. The smallest absolute Gasteiger partial charge is 0.0901 e. The summed E-state index contributed by atoms with van der Waals surface area (Å²) >= 11 is 0. The summed E-state index contributed by atoms with van der Waals surface area (Å²) in [6, 6.07) is 1.02. The van der Waals surface area contributed by atoms with E-state index in [0.29, 0.717) is 24.9 Å². The molecule has 1 aliphatic heterocycles. The molecule has 0 aromatic carbocycles. The van der Waals surface area contributed by atoms with E-state index in [9.17, 15) is 5.11 Å². The summed E-state index contributed by atoms with van der Waals surface area (Å²) in [5.74, 6) is 0. The van der Waals surface area contributed by atoms with Crippen LogP contribution < -0.4 is 5.73 Å². The first kappa shape index (κ1) is 10.4. The fourth-order valence-corrected chi connectivity index (χ4v) is 2.39. The van der Waals surface area contributed by atoms with Gasteiger partial charge in [0.05, 0.1) is 12.2 Å². The van der Waals surface area contributed by atoms with Crippen LogP contribution in [0.2, 0.25) is 0 Å². The summed E-state index contributed by atoms with van der Waals surface area (Å²) in [4.78, 5) is 2.40. The van der Waals surface area contributed by atoms with E-state index < -0.39 is 5.60 Å². The Morgan fingerprint density at radius 1 is 1.29 bits per heavy atom. The molecular formula is C10H20N2O2. The van der Waals surface area contributed by atoms with Crippen molar-refractivity contribution in [2.24, 2.45) is 5.73 Å². The number of hydrogen-bond donors (Lipinski definition) is 3. The van der Waals surface area contributed by atoms with Crippen molar-refractivity contribution in [3.63, 3.8) is 0 Å². The van der Waals surface area contributed by atoms with E-state index in [1.807, 2.05) is 0 Å². The molecule has 4 nitrogen and oxygen atoms in total. The Bertz CT molecular complexity index is 196. The number of rotatable bonds is 2. The van der Waals surface area contributed by atoms with E-state index in [1.165, 1.54) is 0 Å². The molecule has 0 atom stereocenters. The predicted octanol–water partition coefficient (Wildman–Crippen LogP) is -0.705. The van der Waals surface area contributed by atoms with Gasteiger partial charge in [-0.05, 0) is 25.7 Å². The average Bonchev–Trinajstić information content (AvgIpc) is 2.15. The molecule has 14 heavy (non-hydrogen) atoms. The Kier molecular flexibility index (Phi) is 2.79. The zero-order chi connectivity index (χ0) is 10.2. The van der Waals surface area contributed by atoms with Crippen molar-refractivity contribution >= 4 is 0 Å². The minimum absolute atomic E-state index is 0.106. The van der Waals surface area contributed by atoms with Gasteiger partial charge in [-0.2, -0.15) is 0 Å². The molecule has 0 unspecified atom stereocenters. The van der Waals surface area contributed by atoms with E-state index in [4.69, 9.17) is 10.8 Å². The van der Waals surface area contributed by atoms with Gasteiger partial charge >= 0.3 is 0 Å². The van der Waals surface area contributed by atoms with Crippen LogP contribution in [-0.2, 0) is 0 Å². The maximum atomic E-state index is 9.82. The van der Waals surface area contributed by atoms with Crippen LogP contribution in [0.1, 0.15) is 25.7 Å². The molecule has 1 heterocycles. The number of likely N-dealkylation sites (tertiary alicyclic amines) is 1. The Balaban J connectivity index is 1.79. The third-order valence-electron chi connectivity index (χ3n) is 3.69. The van der Waals surface area contributed by atoms with Gasteiger partial charge in [-0.15, -0.1) is 0 Å². The van der Waals surface area contributed by atoms with Crippen LogP contribution in [0.15, 0.2) is 0 Å². The van der Waals surface area contributed by atoms with Crippen LogP contribution in [0.25, 0.3) is 0 Å². The minimum atomic E-state index is -0.817. The van der Waals surface area contributed by atoms with Gasteiger partial charge in [0.15, 0.2) is 0 Å². The van der Waals surface area contributed by atoms with Crippen LogP contribution in [0.4, 0.5) is 0 Å². The monoisotopic (exact) mass is 200 g/mol. The van der Waals surface area contributed by atoms with Crippen LogP contribution in [-0.4, -0.2) is 52.5 Å². The van der Waals surface area contributed by atoms with E-state index in [-0.39, 0.29) is 6.61 Å². The molecule has 0 aromatic heterocycles. The lowest BCUT2D eigenvalue weighted by atomic mass is 9.83. The maximum absolute atomic E-state index is 9.82. The fraction of sp³-hybridized carbons (Fsp3) is 1.00. The number of nitrogens with zero attached hydrogens (tertiary/aromatic N) is 1. The van der Waals surface area contributed by atoms with Crippen molar-refractivity contribution in [2.75, 3.05) is 19.7 Å². The first-order chi connectivity index (χ1) is 6.63. The zero-order valence-corrected chi connectivity index (χ0v) is 8.52. The molecule has 2 rings (SSSR count). The van der Waals surface area contributed by atoms with Gasteiger partial charge in [0.25, 0.3) is 0 Å². The highest BCUT2D eigenvalue weighted by Crippen LogP contribution is 2.29. The summed E-state index contributed by atoms with van der Waals surface area (Å²) in [5.41, 5.74) is 4.92. The maximum Gasteiger partial charge on any atom is 0.0901 e. The lowest BCUT2D eigenvalue weighted by Crippen LogP contribution is -2.56. The molecule has 1 aliphatic carbocycles. The molecule has 2 aliphatic rings. The van der Waals surface area contributed by atoms with Crippen molar-refractivity contribution in [2.45, 2.75) is 43.4 Å². The van der Waals surface area contributed by atoms with Crippen LogP contribution >= 0.6 is 0 Å². The molecule has 1 saturated heterocycles. The van der Waals surface area contributed by atoms with Crippen LogP contribution in [0, 0.1) is 0 Å². The Morgan fingerprint density at radius 2 is 1.86 bits per heavy atom. The minimum Gasteiger partial charge on any atom is -0.393 e. The van der Waals surface area contributed by atoms with E-state index in [2.05, 4.69) is 4.90 Å². The topological polar surface area (TPSA) is 69.7 Å². The SMILES string of the molecule is NC1CC(N2CCC(O)(CO)CC2)C1. The summed E-state index contributed by atoms with van der Waals surface area (Å²) in [7, 11) is 0. The standard InChI is InChI=1S/C10H20N2O2/c11-8-5-9(6-8)12-3-1-10(14,7-13)2-4-12/h8-9,13-14H,1-7,11H2. The second-order valence-corrected chi connectivity index (χ2v) is 4.80. The first-order valence-corrected chi connectivity index (χ1v) is 5.46. The van der Waals surface area contributed by atoms with Gasteiger partial charge in [0, 0.05) is 25.2 Å². The van der Waals surface area contributed by atoms with Crippen molar-refractivity contribution < 1.29 is 10.2 Å². The van der Waals surface area contributed by atoms with Gasteiger partial charge in [0.2, 0.25) is 0 Å². The number of piperidine rings is 1. The van der Waals surface area contributed by atoms with E-state index in [0.717, 1.165) is 25.9 Å². The number of aliphatic hydroxyl groups is 2. The Hall–Kier alpha value is -0.160. The molecule has 4 N–H and O–H groups in total. The highest BCUT2D eigenvalue weighted by Gasteiger charge is 2.37. The number of hydrogen-bond acceptors (Lipinski definition) is 4. The van der Waals surface area contributed by atoms with Crippen molar-refractivity contribution in [1.82, 2.24) is 4.90 Å². The normalized spacial score (nSPS) is 37.9. The molecule has 0 aromatic rings. The average molecular weight is 200 g/mol. The quantitative estimate of drug-likeness (QED) is 0.551. The van der Waals surface area contributed by atoms with Gasteiger partial charge in [0.1, 0.15) is 0 Å². The second-order valence-electron chi connectivity index (χ2n) is 4.80. The van der Waals surface area contributed by atoms with Gasteiger partial charge < -0.3 is 20.8 Å². The second kappa shape index (κ2) is 3.77. The molecule has 4 heteroatoms. The molecule has 0 radical (unpaired) electrons. The van der Waals surface area contributed by atoms with Gasteiger partial charge in [-0.3, -0.25) is 0 Å². The summed E-state index contributed by atoms with van der Waals surface area (Å²) in [6.45, 7) is 1.69. The number of nitrogens with two attached hydrogens (primary N) is 1. The van der Waals surface area contributed by atoms with Gasteiger partial charge in [-0.25, -0.2) is 0 Å². The number of aliphatic hydroxyl groups excluding tert-OH is 1. The van der Waals surface area contributed by atoms with E-state index >= 15 is 0 Å².